The second-order valence-electron chi connectivity index (χ2n) is 4.88. The lowest BCUT2D eigenvalue weighted by Crippen LogP contribution is -2.45. The predicted molar refractivity (Wildman–Crippen MR) is 60.4 cm³/mol. The highest BCUT2D eigenvalue weighted by atomic mass is 16.3. The van der Waals surface area contributed by atoms with Crippen LogP contribution in [-0.4, -0.2) is 35.2 Å². The Morgan fingerprint density at radius 1 is 1.29 bits per heavy atom. The molecule has 2 heteroatoms. The zero-order chi connectivity index (χ0) is 10.6. The first-order valence-electron chi connectivity index (χ1n) is 6.04. The SMILES string of the molecule is CCC(C)CC1(O)CCN(CC)CC1. The maximum absolute atomic E-state index is 10.4. The summed E-state index contributed by atoms with van der Waals surface area (Å²) in [5.74, 6) is 0.660. The van der Waals surface area contributed by atoms with E-state index in [1.54, 1.807) is 0 Å². The van der Waals surface area contributed by atoms with Crippen LogP contribution in [0.5, 0.6) is 0 Å². The van der Waals surface area contributed by atoms with Gasteiger partial charge < -0.3 is 10.0 Å². The van der Waals surface area contributed by atoms with E-state index in [4.69, 9.17) is 0 Å². The quantitative estimate of drug-likeness (QED) is 0.751. The van der Waals surface area contributed by atoms with Crippen LogP contribution in [0, 0.1) is 5.92 Å². The Bertz CT molecular complexity index is 162. The number of nitrogens with zero attached hydrogens (tertiary/aromatic N) is 1. The summed E-state index contributed by atoms with van der Waals surface area (Å²) in [6.45, 7) is 9.91. The van der Waals surface area contributed by atoms with Gasteiger partial charge in [-0.05, 0) is 31.7 Å². The van der Waals surface area contributed by atoms with Crippen LogP contribution in [0.1, 0.15) is 46.5 Å². The van der Waals surface area contributed by atoms with E-state index in [0.29, 0.717) is 5.92 Å². The fourth-order valence-electron chi connectivity index (χ4n) is 2.28. The molecule has 1 fully saturated rings. The van der Waals surface area contributed by atoms with Crippen LogP contribution in [0.15, 0.2) is 0 Å². The molecule has 1 aliphatic rings. The van der Waals surface area contributed by atoms with Crippen LogP contribution in [0.3, 0.4) is 0 Å². The summed E-state index contributed by atoms with van der Waals surface area (Å²) in [4.78, 5) is 2.42. The van der Waals surface area contributed by atoms with Crippen LogP contribution in [-0.2, 0) is 0 Å². The zero-order valence-electron chi connectivity index (χ0n) is 9.92. The first-order valence-corrected chi connectivity index (χ1v) is 6.04. The average Bonchev–Trinajstić information content (AvgIpc) is 2.18. The van der Waals surface area contributed by atoms with Crippen LogP contribution < -0.4 is 0 Å². The standard InChI is InChI=1S/C12H25NO/c1-4-11(3)10-12(14)6-8-13(5-2)9-7-12/h11,14H,4-10H2,1-3H3. The molecule has 0 bridgehead atoms. The van der Waals surface area contributed by atoms with Gasteiger partial charge in [-0.3, -0.25) is 0 Å². The van der Waals surface area contributed by atoms with E-state index in [1.165, 1.54) is 6.42 Å². The third-order valence-corrected chi connectivity index (χ3v) is 3.66. The van der Waals surface area contributed by atoms with Crippen LogP contribution in [0.4, 0.5) is 0 Å². The lowest BCUT2D eigenvalue weighted by atomic mass is 9.82. The molecular weight excluding hydrogens is 174 g/mol. The van der Waals surface area contributed by atoms with Gasteiger partial charge in [0.2, 0.25) is 0 Å². The number of hydrogen-bond donors (Lipinski definition) is 1. The van der Waals surface area contributed by atoms with Crippen molar-refractivity contribution in [2.24, 2.45) is 5.92 Å². The van der Waals surface area contributed by atoms with E-state index in [9.17, 15) is 5.11 Å². The number of hydrogen-bond acceptors (Lipinski definition) is 2. The van der Waals surface area contributed by atoms with Crippen molar-refractivity contribution in [3.05, 3.63) is 0 Å². The van der Waals surface area contributed by atoms with Crippen LogP contribution in [0.2, 0.25) is 0 Å². The monoisotopic (exact) mass is 199 g/mol. The smallest absolute Gasteiger partial charge is 0.0674 e. The van der Waals surface area contributed by atoms with Crippen molar-refractivity contribution >= 4 is 0 Å². The van der Waals surface area contributed by atoms with Gasteiger partial charge in [0.15, 0.2) is 0 Å². The predicted octanol–water partition coefficient (Wildman–Crippen LogP) is 2.27. The topological polar surface area (TPSA) is 23.5 Å². The minimum atomic E-state index is -0.360. The largest absolute Gasteiger partial charge is 0.390 e. The lowest BCUT2D eigenvalue weighted by Gasteiger charge is -2.39. The molecule has 0 aromatic rings. The molecule has 84 valence electrons. The van der Waals surface area contributed by atoms with Gasteiger partial charge in [0, 0.05) is 13.1 Å². The molecule has 0 aliphatic carbocycles. The highest BCUT2D eigenvalue weighted by molar-refractivity contribution is 4.86. The summed E-state index contributed by atoms with van der Waals surface area (Å²) in [6, 6.07) is 0. The fraction of sp³-hybridized carbons (Fsp3) is 1.00. The maximum Gasteiger partial charge on any atom is 0.0674 e. The minimum absolute atomic E-state index is 0.360. The van der Waals surface area contributed by atoms with E-state index in [2.05, 4.69) is 25.7 Å². The van der Waals surface area contributed by atoms with Gasteiger partial charge in [0.1, 0.15) is 0 Å². The van der Waals surface area contributed by atoms with E-state index in [-0.39, 0.29) is 5.60 Å². The molecule has 1 aliphatic heterocycles. The Labute approximate surface area is 88.3 Å². The Balaban J connectivity index is 2.37. The van der Waals surface area contributed by atoms with Gasteiger partial charge >= 0.3 is 0 Å². The minimum Gasteiger partial charge on any atom is -0.390 e. The molecular formula is C12H25NO. The molecule has 1 saturated heterocycles. The van der Waals surface area contributed by atoms with Gasteiger partial charge in [-0.1, -0.05) is 27.2 Å². The highest BCUT2D eigenvalue weighted by Gasteiger charge is 2.32. The Morgan fingerprint density at radius 2 is 1.86 bits per heavy atom. The maximum atomic E-state index is 10.4. The van der Waals surface area contributed by atoms with E-state index >= 15 is 0 Å². The molecule has 1 heterocycles. The van der Waals surface area contributed by atoms with Gasteiger partial charge in [-0.25, -0.2) is 0 Å². The molecule has 1 atom stereocenters. The molecule has 0 aromatic carbocycles. The van der Waals surface area contributed by atoms with Crippen molar-refractivity contribution in [2.75, 3.05) is 19.6 Å². The van der Waals surface area contributed by atoms with Crippen LogP contribution in [0.25, 0.3) is 0 Å². The highest BCUT2D eigenvalue weighted by Crippen LogP contribution is 2.29. The lowest BCUT2D eigenvalue weighted by molar-refractivity contribution is -0.0367. The molecule has 1 unspecified atom stereocenters. The molecule has 1 rings (SSSR count). The van der Waals surface area contributed by atoms with Gasteiger partial charge in [-0.2, -0.15) is 0 Å². The zero-order valence-corrected chi connectivity index (χ0v) is 9.92. The van der Waals surface area contributed by atoms with Gasteiger partial charge in [0.05, 0.1) is 5.60 Å². The summed E-state index contributed by atoms with van der Waals surface area (Å²) in [5, 5.41) is 10.4. The number of aliphatic hydroxyl groups is 1. The molecule has 14 heavy (non-hydrogen) atoms. The van der Waals surface area contributed by atoms with Crippen molar-refractivity contribution < 1.29 is 5.11 Å². The summed E-state index contributed by atoms with van der Waals surface area (Å²) < 4.78 is 0. The molecule has 0 radical (unpaired) electrons. The normalized spacial score (nSPS) is 24.9. The first kappa shape index (κ1) is 12.0. The Kier molecular flexibility index (Phi) is 4.39. The average molecular weight is 199 g/mol. The van der Waals surface area contributed by atoms with E-state index < -0.39 is 0 Å². The van der Waals surface area contributed by atoms with E-state index in [0.717, 1.165) is 38.9 Å². The molecule has 0 amide bonds. The van der Waals surface area contributed by atoms with Crippen molar-refractivity contribution in [1.29, 1.82) is 0 Å². The van der Waals surface area contributed by atoms with Gasteiger partial charge in [0.25, 0.3) is 0 Å². The number of rotatable bonds is 4. The number of likely N-dealkylation sites (tertiary alicyclic amines) is 1. The molecule has 0 saturated carbocycles. The summed E-state index contributed by atoms with van der Waals surface area (Å²) in [7, 11) is 0. The van der Waals surface area contributed by atoms with Crippen molar-refractivity contribution in [1.82, 2.24) is 4.90 Å². The third-order valence-electron chi connectivity index (χ3n) is 3.66. The molecule has 0 aromatic heterocycles. The van der Waals surface area contributed by atoms with Crippen molar-refractivity contribution in [3.8, 4) is 0 Å². The molecule has 0 spiro atoms. The Morgan fingerprint density at radius 3 is 2.29 bits per heavy atom. The summed E-state index contributed by atoms with van der Waals surface area (Å²) >= 11 is 0. The first-order chi connectivity index (χ1) is 6.59. The third kappa shape index (κ3) is 3.25. The summed E-state index contributed by atoms with van der Waals surface area (Å²) in [6.07, 6.45) is 4.09. The second-order valence-corrected chi connectivity index (χ2v) is 4.88. The van der Waals surface area contributed by atoms with E-state index in [1.807, 2.05) is 0 Å². The van der Waals surface area contributed by atoms with Crippen molar-refractivity contribution in [2.45, 2.75) is 52.1 Å². The van der Waals surface area contributed by atoms with Gasteiger partial charge in [-0.15, -0.1) is 0 Å². The second kappa shape index (κ2) is 5.13. The molecule has 1 N–H and O–H groups in total. The van der Waals surface area contributed by atoms with Crippen molar-refractivity contribution in [3.63, 3.8) is 0 Å². The fourth-order valence-corrected chi connectivity index (χ4v) is 2.28. The number of piperidine rings is 1. The Hall–Kier alpha value is -0.0800. The van der Waals surface area contributed by atoms with Crippen LogP contribution >= 0.6 is 0 Å². The summed E-state index contributed by atoms with van der Waals surface area (Å²) in [5.41, 5.74) is -0.360. The molecule has 2 nitrogen and oxygen atoms in total.